The van der Waals surface area contributed by atoms with Crippen LogP contribution in [0.1, 0.15) is 31.8 Å². The average molecular weight is 404 g/mol. The molecule has 0 aliphatic rings. The van der Waals surface area contributed by atoms with Gasteiger partial charge >= 0.3 is 0 Å². The Morgan fingerprint density at radius 3 is 1.23 bits per heavy atom. The van der Waals surface area contributed by atoms with Crippen LogP contribution in [0.4, 0.5) is 0 Å². The van der Waals surface area contributed by atoms with E-state index in [1.807, 2.05) is 48.5 Å². The number of rotatable bonds is 8. The van der Waals surface area contributed by atoms with Gasteiger partial charge in [-0.25, -0.2) is 0 Å². The second-order valence-electron chi connectivity index (χ2n) is 6.64. The van der Waals surface area contributed by atoms with E-state index in [1.54, 1.807) is 38.5 Å². The normalized spacial score (nSPS) is 10.2. The van der Waals surface area contributed by atoms with E-state index in [1.165, 1.54) is 0 Å². The summed E-state index contributed by atoms with van der Waals surface area (Å²) in [5.74, 6) is 1.14. The highest BCUT2D eigenvalue weighted by atomic mass is 16.5. The van der Waals surface area contributed by atoms with Crippen molar-refractivity contribution in [2.45, 2.75) is 13.1 Å². The summed E-state index contributed by atoms with van der Waals surface area (Å²) in [6.45, 7) is 0.819. The highest BCUT2D eigenvalue weighted by molar-refractivity contribution is 5.97. The molecule has 30 heavy (non-hydrogen) atoms. The Hall–Kier alpha value is -3.80. The van der Waals surface area contributed by atoms with E-state index in [-0.39, 0.29) is 11.8 Å². The molecule has 2 amide bonds. The fourth-order valence-electron chi connectivity index (χ4n) is 2.83. The summed E-state index contributed by atoms with van der Waals surface area (Å²) in [6.07, 6.45) is 0. The fourth-order valence-corrected chi connectivity index (χ4v) is 2.83. The molecule has 3 aromatic rings. The number of nitrogens with one attached hydrogen (secondary N) is 2. The molecule has 0 aliphatic carbocycles. The number of hydrogen-bond acceptors (Lipinski definition) is 4. The molecular formula is C24H24N2O4. The van der Waals surface area contributed by atoms with Crippen LogP contribution in [0.3, 0.4) is 0 Å². The lowest BCUT2D eigenvalue weighted by Gasteiger charge is -2.08. The fraction of sp³-hybridized carbons (Fsp3) is 0.167. The maximum absolute atomic E-state index is 12.3. The van der Waals surface area contributed by atoms with E-state index >= 15 is 0 Å². The zero-order valence-electron chi connectivity index (χ0n) is 17.0. The standard InChI is InChI=1S/C24H24N2O4/c1-29-21-11-3-17(4-12-21)15-25-23(27)19-7-9-20(10-8-19)24(28)26-16-18-5-13-22(30-2)14-6-18/h3-14H,15-16H2,1-2H3,(H,25,27)(H,26,28). The molecule has 3 rings (SSSR count). The molecule has 0 atom stereocenters. The van der Waals surface area contributed by atoms with Gasteiger partial charge in [0.25, 0.3) is 11.8 Å². The first kappa shape index (κ1) is 20.9. The largest absolute Gasteiger partial charge is 0.497 e. The molecule has 0 radical (unpaired) electrons. The van der Waals surface area contributed by atoms with Crippen LogP contribution in [0, 0.1) is 0 Å². The minimum absolute atomic E-state index is 0.198. The quantitative estimate of drug-likeness (QED) is 0.602. The lowest BCUT2D eigenvalue weighted by Crippen LogP contribution is -2.24. The van der Waals surface area contributed by atoms with Crippen LogP contribution in [0.25, 0.3) is 0 Å². The van der Waals surface area contributed by atoms with Gasteiger partial charge in [0.1, 0.15) is 11.5 Å². The Balaban J connectivity index is 1.51. The first-order valence-corrected chi connectivity index (χ1v) is 9.51. The molecule has 3 aromatic carbocycles. The van der Waals surface area contributed by atoms with Gasteiger partial charge in [-0.1, -0.05) is 24.3 Å². The van der Waals surface area contributed by atoms with E-state index in [4.69, 9.17) is 9.47 Å². The van der Waals surface area contributed by atoms with E-state index in [9.17, 15) is 9.59 Å². The lowest BCUT2D eigenvalue weighted by molar-refractivity contribution is 0.0939. The van der Waals surface area contributed by atoms with E-state index in [2.05, 4.69) is 10.6 Å². The second kappa shape index (κ2) is 10.1. The average Bonchev–Trinajstić information content (AvgIpc) is 2.81. The van der Waals surface area contributed by atoms with Gasteiger partial charge in [-0.05, 0) is 59.7 Å². The predicted molar refractivity (Wildman–Crippen MR) is 115 cm³/mol. The van der Waals surface area contributed by atoms with E-state index < -0.39 is 0 Å². The highest BCUT2D eigenvalue weighted by Crippen LogP contribution is 2.13. The molecule has 6 nitrogen and oxygen atoms in total. The van der Waals surface area contributed by atoms with Gasteiger partial charge in [0.15, 0.2) is 0 Å². The van der Waals surface area contributed by atoms with Crippen molar-refractivity contribution in [2.75, 3.05) is 14.2 Å². The van der Waals surface area contributed by atoms with E-state index in [0.29, 0.717) is 24.2 Å². The summed E-state index contributed by atoms with van der Waals surface area (Å²) in [5, 5.41) is 5.73. The number of hydrogen-bond donors (Lipinski definition) is 2. The number of amides is 2. The molecule has 0 heterocycles. The van der Waals surface area contributed by atoms with Crippen molar-refractivity contribution < 1.29 is 19.1 Å². The van der Waals surface area contributed by atoms with Gasteiger partial charge < -0.3 is 20.1 Å². The molecule has 0 aromatic heterocycles. The van der Waals surface area contributed by atoms with Crippen molar-refractivity contribution in [2.24, 2.45) is 0 Å². The molecule has 0 aliphatic heterocycles. The zero-order chi connectivity index (χ0) is 21.3. The van der Waals surface area contributed by atoms with Crippen molar-refractivity contribution >= 4 is 11.8 Å². The molecule has 0 saturated heterocycles. The van der Waals surface area contributed by atoms with Crippen LogP contribution in [-0.2, 0) is 13.1 Å². The molecule has 2 N–H and O–H groups in total. The van der Waals surface area contributed by atoms with Crippen molar-refractivity contribution in [3.63, 3.8) is 0 Å². The SMILES string of the molecule is COc1ccc(CNC(=O)c2ccc(C(=O)NCc3ccc(OC)cc3)cc2)cc1. The van der Waals surface area contributed by atoms with Crippen LogP contribution in [0.2, 0.25) is 0 Å². The summed E-state index contributed by atoms with van der Waals surface area (Å²) in [4.78, 5) is 24.7. The van der Waals surface area contributed by atoms with Crippen molar-refractivity contribution in [1.29, 1.82) is 0 Å². The maximum Gasteiger partial charge on any atom is 0.251 e. The molecule has 6 heteroatoms. The minimum Gasteiger partial charge on any atom is -0.497 e. The molecule has 0 saturated carbocycles. The molecule has 0 bridgehead atoms. The van der Waals surface area contributed by atoms with Crippen LogP contribution in [0.15, 0.2) is 72.8 Å². The lowest BCUT2D eigenvalue weighted by atomic mass is 10.1. The first-order chi connectivity index (χ1) is 14.6. The second-order valence-corrected chi connectivity index (χ2v) is 6.64. The van der Waals surface area contributed by atoms with Crippen LogP contribution in [-0.4, -0.2) is 26.0 Å². The van der Waals surface area contributed by atoms with Crippen LogP contribution >= 0.6 is 0 Å². The summed E-state index contributed by atoms with van der Waals surface area (Å²) < 4.78 is 10.2. The smallest absolute Gasteiger partial charge is 0.251 e. The Morgan fingerprint density at radius 1 is 0.600 bits per heavy atom. The summed E-state index contributed by atoms with van der Waals surface area (Å²) in [7, 11) is 3.22. The number of ether oxygens (including phenoxy) is 2. The van der Waals surface area contributed by atoms with Crippen LogP contribution < -0.4 is 20.1 Å². The van der Waals surface area contributed by atoms with E-state index in [0.717, 1.165) is 22.6 Å². The monoisotopic (exact) mass is 404 g/mol. The topological polar surface area (TPSA) is 76.7 Å². The molecule has 154 valence electrons. The molecule has 0 spiro atoms. The number of carbonyl (C=O) groups excluding carboxylic acids is 2. The summed E-state index contributed by atoms with van der Waals surface area (Å²) in [5.41, 5.74) is 2.93. The highest BCUT2D eigenvalue weighted by Gasteiger charge is 2.09. The number of benzene rings is 3. The summed E-state index contributed by atoms with van der Waals surface area (Å²) in [6, 6.07) is 21.6. The van der Waals surface area contributed by atoms with Crippen molar-refractivity contribution in [3.8, 4) is 11.5 Å². The van der Waals surface area contributed by atoms with Gasteiger partial charge in [-0.15, -0.1) is 0 Å². The molecular weight excluding hydrogens is 380 g/mol. The van der Waals surface area contributed by atoms with Gasteiger partial charge in [-0.2, -0.15) is 0 Å². The zero-order valence-corrected chi connectivity index (χ0v) is 17.0. The third-order valence-electron chi connectivity index (χ3n) is 4.63. The molecule has 0 fully saturated rings. The maximum atomic E-state index is 12.3. The third-order valence-corrected chi connectivity index (χ3v) is 4.63. The van der Waals surface area contributed by atoms with Crippen molar-refractivity contribution in [1.82, 2.24) is 10.6 Å². The summed E-state index contributed by atoms with van der Waals surface area (Å²) >= 11 is 0. The molecule has 0 unspecified atom stereocenters. The number of carbonyl (C=O) groups is 2. The Bertz CT molecular complexity index is 899. The van der Waals surface area contributed by atoms with Gasteiger partial charge in [0, 0.05) is 24.2 Å². The van der Waals surface area contributed by atoms with Gasteiger partial charge in [0.2, 0.25) is 0 Å². The Labute approximate surface area is 175 Å². The minimum atomic E-state index is -0.198. The van der Waals surface area contributed by atoms with Gasteiger partial charge in [0.05, 0.1) is 14.2 Å². The van der Waals surface area contributed by atoms with Crippen LogP contribution in [0.5, 0.6) is 11.5 Å². The first-order valence-electron chi connectivity index (χ1n) is 9.51. The Kier molecular flexibility index (Phi) is 7.05. The van der Waals surface area contributed by atoms with Gasteiger partial charge in [-0.3, -0.25) is 9.59 Å². The Morgan fingerprint density at radius 2 is 0.933 bits per heavy atom. The third kappa shape index (κ3) is 5.61. The van der Waals surface area contributed by atoms with Crippen molar-refractivity contribution in [3.05, 3.63) is 95.1 Å². The predicted octanol–water partition coefficient (Wildman–Crippen LogP) is 3.56. The number of methoxy groups -OCH3 is 2.